The van der Waals surface area contributed by atoms with Gasteiger partial charge < -0.3 is 10.6 Å². The van der Waals surface area contributed by atoms with Crippen molar-refractivity contribution in [2.75, 3.05) is 24.5 Å². The molecule has 2 N–H and O–H groups in total. The van der Waals surface area contributed by atoms with E-state index in [1.54, 1.807) is 0 Å². The van der Waals surface area contributed by atoms with Crippen LogP contribution >= 0.6 is 15.9 Å². The zero-order chi connectivity index (χ0) is 13.1. The zero-order valence-corrected chi connectivity index (χ0v) is 12.9. The molecule has 0 saturated carbocycles. The molecule has 0 spiro atoms. The van der Waals surface area contributed by atoms with Crippen molar-refractivity contribution in [2.24, 2.45) is 17.6 Å². The molecule has 1 heterocycles. The van der Waals surface area contributed by atoms with Gasteiger partial charge in [0.05, 0.1) is 0 Å². The van der Waals surface area contributed by atoms with Crippen LogP contribution < -0.4 is 10.6 Å². The maximum absolute atomic E-state index is 5.61. The Hall–Kier alpha value is -0.540. The summed E-state index contributed by atoms with van der Waals surface area (Å²) in [6.45, 7) is 7.74. The van der Waals surface area contributed by atoms with E-state index < -0.39 is 0 Å². The Labute approximate surface area is 119 Å². The van der Waals surface area contributed by atoms with Gasteiger partial charge in [-0.05, 0) is 48.9 Å². The molecule has 0 aliphatic carbocycles. The lowest BCUT2D eigenvalue weighted by Gasteiger charge is -2.21. The van der Waals surface area contributed by atoms with E-state index in [-0.39, 0.29) is 0 Å². The summed E-state index contributed by atoms with van der Waals surface area (Å²) in [6, 6.07) is 6.68. The van der Waals surface area contributed by atoms with Crippen LogP contribution in [0.3, 0.4) is 0 Å². The van der Waals surface area contributed by atoms with Crippen LogP contribution in [-0.4, -0.2) is 19.6 Å². The van der Waals surface area contributed by atoms with Gasteiger partial charge in [0.15, 0.2) is 0 Å². The molecule has 0 aromatic heterocycles. The van der Waals surface area contributed by atoms with Crippen LogP contribution in [0.4, 0.5) is 5.69 Å². The van der Waals surface area contributed by atoms with E-state index in [1.807, 2.05) is 0 Å². The predicted octanol–water partition coefficient (Wildman–Crippen LogP) is 3.43. The average molecular weight is 311 g/mol. The third kappa shape index (κ3) is 3.07. The quantitative estimate of drug-likeness (QED) is 0.923. The molecule has 0 radical (unpaired) electrons. The summed E-state index contributed by atoms with van der Waals surface area (Å²) in [7, 11) is 0. The molecule has 1 aromatic carbocycles. The van der Waals surface area contributed by atoms with E-state index in [0.29, 0.717) is 6.54 Å². The Kier molecular flexibility index (Phi) is 4.68. The van der Waals surface area contributed by atoms with E-state index in [0.717, 1.165) is 18.3 Å². The van der Waals surface area contributed by atoms with Crippen molar-refractivity contribution in [3.8, 4) is 0 Å². The lowest BCUT2D eigenvalue weighted by molar-refractivity contribution is 0.423. The van der Waals surface area contributed by atoms with Gasteiger partial charge in [-0.3, -0.25) is 0 Å². The van der Waals surface area contributed by atoms with Crippen LogP contribution in [0.1, 0.15) is 25.8 Å². The van der Waals surface area contributed by atoms with Gasteiger partial charge in [-0.1, -0.05) is 35.8 Å². The van der Waals surface area contributed by atoms with Crippen LogP contribution in [-0.2, 0) is 6.42 Å². The molecule has 0 bridgehead atoms. The number of nitrogens with zero attached hydrogens (tertiary/aromatic N) is 1. The Morgan fingerprint density at radius 1 is 1.44 bits per heavy atom. The minimum absolute atomic E-state index is 0.705. The lowest BCUT2D eigenvalue weighted by Crippen LogP contribution is -2.21. The number of nitrogens with two attached hydrogens (primary N) is 1. The van der Waals surface area contributed by atoms with Crippen molar-refractivity contribution in [2.45, 2.75) is 26.7 Å². The summed E-state index contributed by atoms with van der Waals surface area (Å²) in [5.41, 5.74) is 8.25. The SMILES string of the molecule is CC(C)C1CCN(c2ccc(CCN)c(Br)c2)C1. The predicted molar refractivity (Wildman–Crippen MR) is 82.1 cm³/mol. The minimum Gasteiger partial charge on any atom is -0.371 e. The second-order valence-electron chi connectivity index (χ2n) is 5.55. The molecule has 18 heavy (non-hydrogen) atoms. The normalized spacial score (nSPS) is 19.8. The molecule has 1 unspecified atom stereocenters. The maximum atomic E-state index is 5.61. The summed E-state index contributed by atoms with van der Waals surface area (Å²) in [4.78, 5) is 2.50. The van der Waals surface area contributed by atoms with Crippen LogP contribution in [0.15, 0.2) is 22.7 Å². The van der Waals surface area contributed by atoms with E-state index in [2.05, 4.69) is 52.9 Å². The first kappa shape index (κ1) is 13.9. The fraction of sp³-hybridized carbons (Fsp3) is 0.600. The molecule has 1 aliphatic heterocycles. The smallest absolute Gasteiger partial charge is 0.0377 e. The molecule has 1 aliphatic rings. The number of hydrogen-bond donors (Lipinski definition) is 1. The van der Waals surface area contributed by atoms with Gasteiger partial charge in [0, 0.05) is 23.2 Å². The summed E-state index contributed by atoms with van der Waals surface area (Å²) >= 11 is 3.66. The van der Waals surface area contributed by atoms with Crippen molar-refractivity contribution in [3.05, 3.63) is 28.2 Å². The molecule has 0 amide bonds. The molecule has 3 heteroatoms. The van der Waals surface area contributed by atoms with Gasteiger partial charge in [0.2, 0.25) is 0 Å². The first-order valence-corrected chi connectivity index (χ1v) is 7.64. The Bertz CT molecular complexity index is 403. The zero-order valence-electron chi connectivity index (χ0n) is 11.3. The van der Waals surface area contributed by atoms with Gasteiger partial charge >= 0.3 is 0 Å². The largest absolute Gasteiger partial charge is 0.371 e. The Balaban J connectivity index is 2.08. The first-order valence-electron chi connectivity index (χ1n) is 6.85. The molecule has 1 fully saturated rings. The molecule has 1 atom stereocenters. The van der Waals surface area contributed by atoms with Crippen molar-refractivity contribution in [1.82, 2.24) is 0 Å². The number of anilines is 1. The molecule has 1 aromatic rings. The average Bonchev–Trinajstić information content (AvgIpc) is 2.81. The van der Waals surface area contributed by atoms with E-state index in [9.17, 15) is 0 Å². The molecule has 2 nitrogen and oxygen atoms in total. The van der Waals surface area contributed by atoms with Gasteiger partial charge in [-0.2, -0.15) is 0 Å². The van der Waals surface area contributed by atoms with Crippen molar-refractivity contribution in [3.63, 3.8) is 0 Å². The van der Waals surface area contributed by atoms with Crippen LogP contribution in [0.25, 0.3) is 0 Å². The minimum atomic E-state index is 0.705. The fourth-order valence-corrected chi connectivity index (χ4v) is 3.22. The third-order valence-electron chi connectivity index (χ3n) is 3.98. The molecule has 1 saturated heterocycles. The monoisotopic (exact) mass is 310 g/mol. The molecular weight excluding hydrogens is 288 g/mol. The number of hydrogen-bond acceptors (Lipinski definition) is 2. The van der Waals surface area contributed by atoms with Crippen LogP contribution in [0.2, 0.25) is 0 Å². The van der Waals surface area contributed by atoms with Gasteiger partial charge in [0.1, 0.15) is 0 Å². The topological polar surface area (TPSA) is 29.3 Å². The fourth-order valence-electron chi connectivity index (χ4n) is 2.66. The van der Waals surface area contributed by atoms with Gasteiger partial charge in [0.25, 0.3) is 0 Å². The summed E-state index contributed by atoms with van der Waals surface area (Å²) in [5, 5.41) is 0. The van der Waals surface area contributed by atoms with Crippen LogP contribution in [0, 0.1) is 11.8 Å². The van der Waals surface area contributed by atoms with E-state index in [4.69, 9.17) is 5.73 Å². The highest BCUT2D eigenvalue weighted by Crippen LogP contribution is 2.31. The Morgan fingerprint density at radius 3 is 2.78 bits per heavy atom. The van der Waals surface area contributed by atoms with Crippen molar-refractivity contribution >= 4 is 21.6 Å². The standard InChI is InChI=1S/C15H23BrN2/c1-11(2)13-6-8-18(10-13)14-4-3-12(5-7-17)15(16)9-14/h3-4,9,11,13H,5-8,10,17H2,1-2H3. The third-order valence-corrected chi connectivity index (χ3v) is 4.72. The summed E-state index contributed by atoms with van der Waals surface area (Å²) < 4.78 is 1.19. The maximum Gasteiger partial charge on any atom is 0.0377 e. The van der Waals surface area contributed by atoms with E-state index in [1.165, 1.54) is 35.2 Å². The first-order chi connectivity index (χ1) is 8.61. The molecule has 100 valence electrons. The molecular formula is C15H23BrN2. The Morgan fingerprint density at radius 2 is 2.22 bits per heavy atom. The highest BCUT2D eigenvalue weighted by Gasteiger charge is 2.25. The number of halogens is 1. The lowest BCUT2D eigenvalue weighted by atomic mass is 9.95. The van der Waals surface area contributed by atoms with E-state index >= 15 is 0 Å². The van der Waals surface area contributed by atoms with Gasteiger partial charge in [-0.25, -0.2) is 0 Å². The van der Waals surface area contributed by atoms with Gasteiger partial charge in [-0.15, -0.1) is 0 Å². The molecule has 2 rings (SSSR count). The van der Waals surface area contributed by atoms with Crippen molar-refractivity contribution in [1.29, 1.82) is 0 Å². The highest BCUT2D eigenvalue weighted by atomic mass is 79.9. The van der Waals surface area contributed by atoms with Crippen molar-refractivity contribution < 1.29 is 0 Å². The van der Waals surface area contributed by atoms with Crippen LogP contribution in [0.5, 0.6) is 0 Å². The summed E-state index contributed by atoms with van der Waals surface area (Å²) in [5.74, 6) is 1.63. The second kappa shape index (κ2) is 6.07. The highest BCUT2D eigenvalue weighted by molar-refractivity contribution is 9.10. The second-order valence-corrected chi connectivity index (χ2v) is 6.41. The number of benzene rings is 1. The summed E-state index contributed by atoms with van der Waals surface area (Å²) in [6.07, 6.45) is 2.26. The number of rotatable bonds is 4.